The van der Waals surface area contributed by atoms with E-state index in [2.05, 4.69) is 57.0 Å². The Kier molecular flexibility index (Phi) is 5.97. The van der Waals surface area contributed by atoms with Crippen molar-refractivity contribution in [2.75, 3.05) is 0 Å². The largest absolute Gasteiger partial charge is 0.295 e. The molecule has 174 valence electrons. The molecule has 10 nitrogen and oxygen atoms in total. The minimum Gasteiger partial charge on any atom is -0.295 e. The van der Waals surface area contributed by atoms with Gasteiger partial charge in [0.05, 0.1) is 17.0 Å². The predicted octanol–water partition coefficient (Wildman–Crippen LogP) is 3.11. The summed E-state index contributed by atoms with van der Waals surface area (Å²) >= 11 is 0. The van der Waals surface area contributed by atoms with Crippen LogP contribution in [0, 0.1) is 6.92 Å². The fourth-order valence-electron chi connectivity index (χ4n) is 3.57. The molecule has 2 aromatic carbocycles. The van der Waals surface area contributed by atoms with Crippen LogP contribution in [0.15, 0.2) is 58.4 Å². The number of carbonyl (C=O) groups excluding carboxylic acids is 1. The Bertz CT molecular complexity index is 1390. The van der Waals surface area contributed by atoms with Crippen LogP contribution in [0.3, 0.4) is 0 Å². The maximum absolute atomic E-state index is 13.1. The molecule has 4 aromatic rings. The Morgan fingerprint density at radius 3 is 2.32 bits per heavy atom. The van der Waals surface area contributed by atoms with Crippen molar-refractivity contribution in [3.8, 4) is 17.1 Å². The van der Waals surface area contributed by atoms with E-state index in [0.29, 0.717) is 28.4 Å². The van der Waals surface area contributed by atoms with Gasteiger partial charge in [0, 0.05) is 16.8 Å². The number of carbonyl (C=O) groups is 1. The Balaban J connectivity index is 1.52. The van der Waals surface area contributed by atoms with Crippen molar-refractivity contribution < 1.29 is 4.79 Å². The van der Waals surface area contributed by atoms with E-state index in [1.165, 1.54) is 10.2 Å². The van der Waals surface area contributed by atoms with Crippen LogP contribution in [0.25, 0.3) is 17.1 Å². The molecule has 10 heteroatoms. The topological polar surface area (TPSA) is 134 Å². The van der Waals surface area contributed by atoms with E-state index in [4.69, 9.17) is 0 Å². The van der Waals surface area contributed by atoms with Crippen LogP contribution >= 0.6 is 0 Å². The lowest BCUT2D eigenvalue weighted by molar-refractivity contribution is 0.0955. The quantitative estimate of drug-likeness (QED) is 0.312. The van der Waals surface area contributed by atoms with Gasteiger partial charge in [0.15, 0.2) is 0 Å². The monoisotopic (exact) mass is 458 g/mol. The number of aryl methyl sites for hydroxylation is 1. The van der Waals surface area contributed by atoms with Crippen molar-refractivity contribution in [3.63, 3.8) is 0 Å². The first-order chi connectivity index (χ1) is 16.1. The SMILES string of the molecule is CC(=NNC(=O)c1ccc(-c2nn[nH]n2)cc1)c1c(C)[nH]n(-c2ccc(C(C)(C)C)cc2)c1=O. The molecule has 0 fully saturated rings. The van der Waals surface area contributed by atoms with Crippen molar-refractivity contribution >= 4 is 11.6 Å². The minimum absolute atomic E-state index is 0.0229. The van der Waals surface area contributed by atoms with E-state index < -0.39 is 5.91 Å². The Morgan fingerprint density at radius 2 is 1.74 bits per heavy atom. The Labute approximate surface area is 196 Å². The Morgan fingerprint density at radius 1 is 1.06 bits per heavy atom. The Hall–Kier alpha value is -4.34. The van der Waals surface area contributed by atoms with Crippen LogP contribution in [0.5, 0.6) is 0 Å². The maximum Gasteiger partial charge on any atom is 0.280 e. The number of hydrazone groups is 1. The van der Waals surface area contributed by atoms with Gasteiger partial charge in [0.2, 0.25) is 5.82 Å². The molecule has 1 amide bonds. The van der Waals surface area contributed by atoms with Crippen LogP contribution in [-0.4, -0.2) is 42.0 Å². The molecule has 0 unspecified atom stereocenters. The minimum atomic E-state index is -0.398. The van der Waals surface area contributed by atoms with Gasteiger partial charge in [-0.15, -0.1) is 10.2 Å². The number of aromatic nitrogens is 6. The van der Waals surface area contributed by atoms with Crippen molar-refractivity contribution in [2.24, 2.45) is 5.10 Å². The van der Waals surface area contributed by atoms with Crippen molar-refractivity contribution in [3.05, 3.63) is 81.3 Å². The van der Waals surface area contributed by atoms with Gasteiger partial charge in [-0.1, -0.05) is 45.0 Å². The molecule has 0 saturated carbocycles. The lowest BCUT2D eigenvalue weighted by Crippen LogP contribution is -2.23. The number of rotatable bonds is 5. The first-order valence-electron chi connectivity index (χ1n) is 10.8. The average molecular weight is 459 g/mol. The van der Waals surface area contributed by atoms with Gasteiger partial charge in [-0.2, -0.15) is 10.3 Å². The van der Waals surface area contributed by atoms with Gasteiger partial charge in [-0.3, -0.25) is 14.7 Å². The first kappa shape index (κ1) is 22.8. The fraction of sp³-hybridized carbons (Fsp3) is 0.250. The number of amides is 1. The molecule has 34 heavy (non-hydrogen) atoms. The summed E-state index contributed by atoms with van der Waals surface area (Å²) < 4.78 is 1.48. The number of nitrogens with one attached hydrogen (secondary N) is 3. The number of nitrogens with zero attached hydrogens (tertiary/aromatic N) is 5. The van der Waals surface area contributed by atoms with Crippen LogP contribution in [0.1, 0.15) is 54.9 Å². The van der Waals surface area contributed by atoms with E-state index in [1.807, 2.05) is 24.3 Å². The third-order valence-electron chi connectivity index (χ3n) is 5.50. The summed E-state index contributed by atoms with van der Waals surface area (Å²) in [6.07, 6.45) is 0. The van der Waals surface area contributed by atoms with Crippen LogP contribution < -0.4 is 11.0 Å². The summed E-state index contributed by atoms with van der Waals surface area (Å²) in [5, 5.41) is 21.0. The number of benzene rings is 2. The average Bonchev–Trinajstić information content (AvgIpc) is 3.45. The number of H-pyrrole nitrogens is 2. The second-order valence-electron chi connectivity index (χ2n) is 9.00. The number of tetrazole rings is 1. The number of hydrogen-bond donors (Lipinski definition) is 3. The molecule has 3 N–H and O–H groups in total. The summed E-state index contributed by atoms with van der Waals surface area (Å²) in [4.78, 5) is 25.6. The number of aromatic amines is 2. The third kappa shape index (κ3) is 4.56. The fourth-order valence-corrected chi connectivity index (χ4v) is 3.57. The standard InChI is InChI=1S/C24H26N8O2/c1-14(25-28-22(33)17-8-6-16(7-9-17)21-26-30-31-27-21)20-15(2)29-32(23(20)34)19-12-10-18(11-13-19)24(3,4)5/h6-13,29H,1-5H3,(H,28,33)(H,26,27,30,31). The smallest absolute Gasteiger partial charge is 0.280 e. The molecule has 0 radical (unpaired) electrons. The maximum atomic E-state index is 13.1. The first-order valence-corrected chi connectivity index (χ1v) is 10.8. The summed E-state index contributed by atoms with van der Waals surface area (Å²) in [7, 11) is 0. The zero-order valence-corrected chi connectivity index (χ0v) is 19.7. The molecule has 2 heterocycles. The van der Waals surface area contributed by atoms with E-state index in [1.54, 1.807) is 38.1 Å². The van der Waals surface area contributed by atoms with Gasteiger partial charge in [-0.05, 0) is 54.3 Å². The second-order valence-corrected chi connectivity index (χ2v) is 9.00. The van der Waals surface area contributed by atoms with Gasteiger partial charge in [-0.25, -0.2) is 10.1 Å². The highest BCUT2D eigenvalue weighted by Gasteiger charge is 2.17. The normalized spacial score (nSPS) is 12.1. The molecule has 0 atom stereocenters. The van der Waals surface area contributed by atoms with Crippen LogP contribution in [-0.2, 0) is 5.41 Å². The van der Waals surface area contributed by atoms with Gasteiger partial charge >= 0.3 is 0 Å². The molecule has 0 aliphatic rings. The zero-order chi connectivity index (χ0) is 24.5. The van der Waals surface area contributed by atoms with Gasteiger partial charge < -0.3 is 0 Å². The molecule has 4 rings (SSSR count). The van der Waals surface area contributed by atoms with Crippen LogP contribution in [0.2, 0.25) is 0 Å². The van der Waals surface area contributed by atoms with E-state index >= 15 is 0 Å². The van der Waals surface area contributed by atoms with Gasteiger partial charge in [0.25, 0.3) is 11.5 Å². The lowest BCUT2D eigenvalue weighted by atomic mass is 9.87. The van der Waals surface area contributed by atoms with E-state index in [-0.39, 0.29) is 11.0 Å². The molecule has 0 spiro atoms. The highest BCUT2D eigenvalue weighted by atomic mass is 16.2. The van der Waals surface area contributed by atoms with Crippen molar-refractivity contribution in [2.45, 2.75) is 40.0 Å². The highest BCUT2D eigenvalue weighted by molar-refractivity contribution is 6.01. The summed E-state index contributed by atoms with van der Waals surface area (Å²) in [5.74, 6) is 0.0402. The molecule has 0 aliphatic heterocycles. The second kappa shape index (κ2) is 8.89. The molecule has 0 bridgehead atoms. The molecule has 0 aliphatic carbocycles. The molecular weight excluding hydrogens is 432 g/mol. The van der Waals surface area contributed by atoms with E-state index in [9.17, 15) is 9.59 Å². The zero-order valence-electron chi connectivity index (χ0n) is 19.7. The van der Waals surface area contributed by atoms with Crippen molar-refractivity contribution in [1.29, 1.82) is 0 Å². The van der Waals surface area contributed by atoms with Crippen LogP contribution in [0.4, 0.5) is 0 Å². The highest BCUT2D eigenvalue weighted by Crippen LogP contribution is 2.23. The third-order valence-corrected chi connectivity index (χ3v) is 5.50. The lowest BCUT2D eigenvalue weighted by Gasteiger charge is -2.19. The van der Waals surface area contributed by atoms with E-state index in [0.717, 1.165) is 11.3 Å². The predicted molar refractivity (Wildman–Crippen MR) is 129 cm³/mol. The summed E-state index contributed by atoms with van der Waals surface area (Å²) in [5.41, 5.74) is 6.82. The number of hydrogen-bond acceptors (Lipinski definition) is 6. The summed E-state index contributed by atoms with van der Waals surface area (Å²) in [6.45, 7) is 9.91. The molecular formula is C24H26N8O2. The van der Waals surface area contributed by atoms with Crippen molar-refractivity contribution in [1.82, 2.24) is 35.8 Å². The molecule has 2 aromatic heterocycles. The summed E-state index contributed by atoms with van der Waals surface area (Å²) in [6, 6.07) is 14.6. The van der Waals surface area contributed by atoms with Gasteiger partial charge in [0.1, 0.15) is 0 Å². The molecule has 0 saturated heterocycles.